The number of amides is 1. The maximum absolute atomic E-state index is 12.8. The smallest absolute Gasteiger partial charge is 0.251 e. The zero-order valence-corrected chi connectivity index (χ0v) is 29.2. The van der Waals surface area contributed by atoms with E-state index in [4.69, 9.17) is 9.47 Å². The third kappa shape index (κ3) is 9.10. The molecule has 52 heavy (non-hydrogen) atoms. The second-order valence-corrected chi connectivity index (χ2v) is 13.3. The number of aliphatic hydroxyl groups excluding tert-OH is 1. The number of carbonyl (C=O) groups is 1. The van der Waals surface area contributed by atoms with Gasteiger partial charge in [0.05, 0.1) is 18.8 Å². The highest BCUT2D eigenvalue weighted by Crippen LogP contribution is 2.39. The lowest BCUT2D eigenvalue weighted by Gasteiger charge is -2.38. The number of hydrogen-bond donors (Lipinski definition) is 2. The first-order valence-corrected chi connectivity index (χ1v) is 17.9. The fourth-order valence-electron chi connectivity index (χ4n) is 6.83. The van der Waals surface area contributed by atoms with E-state index in [1.54, 1.807) is 0 Å². The number of carbonyl (C=O) groups excluding carboxylic acids is 1. The molecule has 0 spiro atoms. The number of aliphatic hydroxyl groups is 1. The van der Waals surface area contributed by atoms with Crippen LogP contribution in [0.3, 0.4) is 0 Å². The van der Waals surface area contributed by atoms with Gasteiger partial charge in [-0.05, 0) is 51.1 Å². The summed E-state index contributed by atoms with van der Waals surface area (Å²) in [6, 6.07) is 55.0. The molecule has 1 aliphatic rings. The van der Waals surface area contributed by atoms with Crippen molar-refractivity contribution < 1.29 is 19.4 Å². The predicted molar refractivity (Wildman–Crippen MR) is 205 cm³/mol. The average Bonchev–Trinajstić information content (AvgIpc) is 3.21. The van der Waals surface area contributed by atoms with Crippen LogP contribution in [0, 0.1) is 0 Å². The number of benzene rings is 6. The van der Waals surface area contributed by atoms with Crippen molar-refractivity contribution in [2.24, 2.45) is 0 Å². The van der Waals surface area contributed by atoms with Crippen molar-refractivity contribution in [1.82, 2.24) is 10.2 Å². The standard InChI is InChI=1S/C46H44N2O4/c49-33-36-20-22-38(23-21-36)44-28-42(32-48(30-34-12-4-1-5-13-34)31-35-14-6-2-7-15-35)51-46(52-44)40-26-24-37(25-27-40)43-19-11-10-18-41(43)29-47-45(50)39-16-8-3-9-17-39/h1-27,42,44,46,49H,28-33H2,(H,47,50)/t42-,44+,46+/m0/s1. The van der Waals surface area contributed by atoms with Crippen molar-refractivity contribution in [3.05, 3.63) is 203 Å². The summed E-state index contributed by atoms with van der Waals surface area (Å²) in [6.07, 6.45) is -0.136. The average molecular weight is 689 g/mol. The number of ether oxygens (including phenoxy) is 2. The summed E-state index contributed by atoms with van der Waals surface area (Å²) >= 11 is 0. The van der Waals surface area contributed by atoms with Crippen LogP contribution >= 0.6 is 0 Å². The van der Waals surface area contributed by atoms with E-state index >= 15 is 0 Å². The molecule has 0 aliphatic carbocycles. The Morgan fingerprint density at radius 1 is 0.635 bits per heavy atom. The number of hydrogen-bond acceptors (Lipinski definition) is 5. The fourth-order valence-corrected chi connectivity index (χ4v) is 6.83. The summed E-state index contributed by atoms with van der Waals surface area (Å²) in [5, 5.41) is 12.7. The molecule has 6 aromatic rings. The van der Waals surface area contributed by atoms with Gasteiger partial charge in [-0.25, -0.2) is 0 Å². The first kappa shape index (κ1) is 35.1. The highest BCUT2D eigenvalue weighted by atomic mass is 16.7. The van der Waals surface area contributed by atoms with E-state index in [2.05, 4.69) is 119 Å². The summed E-state index contributed by atoms with van der Waals surface area (Å²) in [5.41, 5.74) is 9.18. The Hall–Kier alpha value is -5.37. The van der Waals surface area contributed by atoms with Gasteiger partial charge in [-0.3, -0.25) is 9.69 Å². The Morgan fingerprint density at radius 3 is 1.85 bits per heavy atom. The van der Waals surface area contributed by atoms with Crippen molar-refractivity contribution in [2.75, 3.05) is 6.54 Å². The van der Waals surface area contributed by atoms with E-state index in [0.29, 0.717) is 18.5 Å². The summed E-state index contributed by atoms with van der Waals surface area (Å²) in [4.78, 5) is 15.2. The van der Waals surface area contributed by atoms with Crippen LogP contribution < -0.4 is 5.32 Å². The van der Waals surface area contributed by atoms with Crippen LogP contribution in [0.1, 0.15) is 62.6 Å². The second-order valence-electron chi connectivity index (χ2n) is 13.3. The predicted octanol–water partition coefficient (Wildman–Crippen LogP) is 9.02. The van der Waals surface area contributed by atoms with Crippen LogP contribution in [-0.4, -0.2) is 28.6 Å². The lowest BCUT2D eigenvalue weighted by Crippen LogP contribution is -2.39. The first-order chi connectivity index (χ1) is 25.6. The van der Waals surface area contributed by atoms with Crippen molar-refractivity contribution >= 4 is 5.91 Å². The number of rotatable bonds is 13. The zero-order chi connectivity index (χ0) is 35.5. The number of nitrogens with one attached hydrogen (secondary N) is 1. The van der Waals surface area contributed by atoms with E-state index < -0.39 is 6.29 Å². The van der Waals surface area contributed by atoms with Gasteiger partial charge in [-0.2, -0.15) is 0 Å². The lowest BCUT2D eigenvalue weighted by atomic mass is 9.97. The largest absolute Gasteiger partial charge is 0.392 e. The van der Waals surface area contributed by atoms with Crippen LogP contribution in [-0.2, 0) is 35.7 Å². The lowest BCUT2D eigenvalue weighted by molar-refractivity contribution is -0.253. The Kier molecular flexibility index (Phi) is 11.6. The van der Waals surface area contributed by atoms with Gasteiger partial charge in [0.1, 0.15) is 0 Å². The Labute approximate surface area is 306 Å². The fraction of sp³-hybridized carbons (Fsp3) is 0.196. The van der Waals surface area contributed by atoms with E-state index in [0.717, 1.165) is 53.0 Å². The van der Waals surface area contributed by atoms with Gasteiger partial charge in [0, 0.05) is 43.7 Å². The van der Waals surface area contributed by atoms with E-state index in [9.17, 15) is 9.90 Å². The van der Waals surface area contributed by atoms with Crippen LogP contribution in [0.25, 0.3) is 11.1 Å². The van der Waals surface area contributed by atoms with Crippen LogP contribution in [0.5, 0.6) is 0 Å². The zero-order valence-electron chi connectivity index (χ0n) is 29.2. The molecule has 6 nitrogen and oxygen atoms in total. The van der Waals surface area contributed by atoms with Gasteiger partial charge in [-0.1, -0.05) is 152 Å². The Balaban J connectivity index is 1.11. The van der Waals surface area contributed by atoms with Crippen molar-refractivity contribution in [1.29, 1.82) is 0 Å². The Morgan fingerprint density at radius 2 is 1.21 bits per heavy atom. The summed E-state index contributed by atoms with van der Waals surface area (Å²) in [6.45, 7) is 2.76. The number of nitrogens with zero attached hydrogens (tertiary/aromatic N) is 1. The van der Waals surface area contributed by atoms with Crippen molar-refractivity contribution in [3.8, 4) is 11.1 Å². The topological polar surface area (TPSA) is 71.0 Å². The summed E-state index contributed by atoms with van der Waals surface area (Å²) < 4.78 is 13.5. The molecule has 1 saturated heterocycles. The molecular weight excluding hydrogens is 645 g/mol. The molecule has 0 aromatic heterocycles. The minimum Gasteiger partial charge on any atom is -0.392 e. The van der Waals surface area contributed by atoms with Gasteiger partial charge in [-0.15, -0.1) is 0 Å². The molecule has 1 aliphatic heterocycles. The maximum Gasteiger partial charge on any atom is 0.251 e. The summed E-state index contributed by atoms with van der Waals surface area (Å²) in [5.74, 6) is -0.0986. The minimum atomic E-state index is -0.564. The van der Waals surface area contributed by atoms with E-state index in [1.165, 1.54) is 11.1 Å². The van der Waals surface area contributed by atoms with Gasteiger partial charge in [0.15, 0.2) is 6.29 Å². The SMILES string of the molecule is O=C(NCc1ccccc1-c1ccc([C@@H]2O[C@H](CN(Cc3ccccc3)Cc3ccccc3)C[C@H](c3ccc(CO)cc3)O2)cc1)c1ccccc1. The Bertz CT molecular complexity index is 1960. The molecule has 0 unspecified atom stereocenters. The van der Waals surface area contributed by atoms with Crippen molar-refractivity contribution in [3.63, 3.8) is 0 Å². The third-order valence-corrected chi connectivity index (χ3v) is 9.56. The van der Waals surface area contributed by atoms with Crippen molar-refractivity contribution in [2.45, 2.75) is 51.2 Å². The van der Waals surface area contributed by atoms with Crippen LogP contribution in [0.2, 0.25) is 0 Å². The highest BCUT2D eigenvalue weighted by Gasteiger charge is 2.33. The molecule has 6 heteroatoms. The van der Waals surface area contributed by atoms with E-state index in [1.807, 2.05) is 54.6 Å². The molecule has 1 heterocycles. The molecule has 1 fully saturated rings. The normalized spacial score (nSPS) is 17.2. The maximum atomic E-state index is 12.8. The molecule has 7 rings (SSSR count). The quantitative estimate of drug-likeness (QED) is 0.127. The second kappa shape index (κ2) is 17.2. The van der Waals surface area contributed by atoms with E-state index in [-0.39, 0.29) is 24.7 Å². The third-order valence-electron chi connectivity index (χ3n) is 9.56. The highest BCUT2D eigenvalue weighted by molar-refractivity contribution is 5.94. The van der Waals surface area contributed by atoms with Gasteiger partial charge in [0.25, 0.3) is 5.91 Å². The van der Waals surface area contributed by atoms with Gasteiger partial charge < -0.3 is 19.9 Å². The molecule has 0 bridgehead atoms. The molecule has 0 radical (unpaired) electrons. The van der Waals surface area contributed by atoms with Gasteiger partial charge in [0.2, 0.25) is 0 Å². The minimum absolute atomic E-state index is 0.00295. The molecule has 6 aromatic carbocycles. The molecule has 3 atom stereocenters. The molecule has 1 amide bonds. The summed E-state index contributed by atoms with van der Waals surface area (Å²) in [7, 11) is 0. The molecule has 2 N–H and O–H groups in total. The van der Waals surface area contributed by atoms with Crippen LogP contribution in [0.4, 0.5) is 0 Å². The first-order valence-electron chi connectivity index (χ1n) is 17.9. The molecule has 262 valence electrons. The van der Waals surface area contributed by atoms with Crippen LogP contribution in [0.15, 0.2) is 164 Å². The molecular formula is C46H44N2O4. The molecule has 0 saturated carbocycles. The van der Waals surface area contributed by atoms with Gasteiger partial charge >= 0.3 is 0 Å². The monoisotopic (exact) mass is 688 g/mol.